The second-order valence-corrected chi connectivity index (χ2v) is 2.55. The van der Waals surface area contributed by atoms with E-state index in [0.29, 0.717) is 18.1 Å². The molecule has 66 valence electrons. The van der Waals surface area contributed by atoms with E-state index in [4.69, 9.17) is 16.2 Å². The molecule has 0 bridgehead atoms. The Hall–Kier alpha value is -1.29. The van der Waals surface area contributed by atoms with E-state index in [2.05, 4.69) is 4.98 Å². The summed E-state index contributed by atoms with van der Waals surface area (Å²) in [5.41, 5.74) is 10.9. The van der Waals surface area contributed by atoms with Crippen LogP contribution in [0.4, 0.5) is 5.82 Å². The smallest absolute Gasteiger partial charge is 0.166 e. The first-order valence-electron chi connectivity index (χ1n) is 3.81. The van der Waals surface area contributed by atoms with Crippen LogP contribution in [0.5, 0.6) is 5.75 Å². The maximum absolute atomic E-state index is 5.55. The van der Waals surface area contributed by atoms with E-state index in [9.17, 15) is 0 Å². The zero-order valence-electron chi connectivity index (χ0n) is 7.03. The Morgan fingerprint density at radius 2 is 2.42 bits per heavy atom. The number of rotatable bonds is 3. The van der Waals surface area contributed by atoms with E-state index in [1.54, 1.807) is 18.3 Å². The third kappa shape index (κ3) is 2.10. The topological polar surface area (TPSA) is 74.2 Å². The molecule has 0 spiro atoms. The summed E-state index contributed by atoms with van der Waals surface area (Å²) in [4.78, 5) is 3.88. The highest BCUT2D eigenvalue weighted by Gasteiger charge is 2.03. The number of pyridine rings is 1. The van der Waals surface area contributed by atoms with Crippen molar-refractivity contribution in [2.24, 2.45) is 5.73 Å². The largest absolute Gasteiger partial charge is 0.486 e. The fourth-order valence-electron chi connectivity index (χ4n) is 0.767. The van der Waals surface area contributed by atoms with Crippen molar-refractivity contribution in [2.45, 2.75) is 13.0 Å². The van der Waals surface area contributed by atoms with E-state index < -0.39 is 0 Å². The number of hydrogen-bond donors (Lipinski definition) is 2. The molecule has 12 heavy (non-hydrogen) atoms. The molecule has 0 saturated carbocycles. The Bertz CT molecular complexity index is 252. The van der Waals surface area contributed by atoms with Crippen LogP contribution in [0.25, 0.3) is 0 Å². The zero-order chi connectivity index (χ0) is 8.97. The average Bonchev–Trinajstić information content (AvgIpc) is 2.09. The molecular weight excluding hydrogens is 154 g/mol. The molecule has 0 aromatic carbocycles. The van der Waals surface area contributed by atoms with Gasteiger partial charge in [-0.25, -0.2) is 4.98 Å². The van der Waals surface area contributed by atoms with Gasteiger partial charge in [-0.1, -0.05) is 0 Å². The quantitative estimate of drug-likeness (QED) is 0.683. The third-order valence-corrected chi connectivity index (χ3v) is 1.46. The molecule has 4 nitrogen and oxygen atoms in total. The van der Waals surface area contributed by atoms with Gasteiger partial charge in [0.2, 0.25) is 0 Å². The number of aromatic nitrogens is 1. The molecule has 4 heteroatoms. The number of nitrogens with two attached hydrogens (primary N) is 2. The summed E-state index contributed by atoms with van der Waals surface area (Å²) < 4.78 is 5.38. The summed E-state index contributed by atoms with van der Waals surface area (Å²) >= 11 is 0. The number of nitrogen functional groups attached to an aromatic ring is 1. The van der Waals surface area contributed by atoms with Gasteiger partial charge in [-0.15, -0.1) is 0 Å². The van der Waals surface area contributed by atoms with Crippen LogP contribution in [-0.2, 0) is 0 Å². The lowest BCUT2D eigenvalue weighted by atomic mass is 10.4. The molecule has 0 aliphatic heterocycles. The normalized spacial score (nSPS) is 12.5. The summed E-state index contributed by atoms with van der Waals surface area (Å²) in [6.45, 7) is 2.35. The first-order chi connectivity index (χ1) is 5.74. The van der Waals surface area contributed by atoms with Gasteiger partial charge in [-0.05, 0) is 19.1 Å². The highest BCUT2D eigenvalue weighted by molar-refractivity contribution is 5.44. The highest BCUT2D eigenvalue weighted by atomic mass is 16.5. The van der Waals surface area contributed by atoms with Crippen molar-refractivity contribution in [3.8, 4) is 5.75 Å². The SMILES string of the molecule is CC(CN)Oc1cccnc1N. The number of ether oxygens (including phenoxy) is 1. The minimum Gasteiger partial charge on any atom is -0.486 e. The van der Waals surface area contributed by atoms with Crippen molar-refractivity contribution in [1.29, 1.82) is 0 Å². The zero-order valence-corrected chi connectivity index (χ0v) is 7.03. The van der Waals surface area contributed by atoms with Gasteiger partial charge in [0.05, 0.1) is 0 Å². The summed E-state index contributed by atoms with van der Waals surface area (Å²) in [7, 11) is 0. The van der Waals surface area contributed by atoms with Gasteiger partial charge in [0.1, 0.15) is 6.10 Å². The van der Waals surface area contributed by atoms with E-state index in [1.165, 1.54) is 0 Å². The van der Waals surface area contributed by atoms with E-state index in [0.717, 1.165) is 0 Å². The van der Waals surface area contributed by atoms with Crippen molar-refractivity contribution in [3.05, 3.63) is 18.3 Å². The van der Waals surface area contributed by atoms with Gasteiger partial charge in [0, 0.05) is 12.7 Å². The molecule has 1 unspecified atom stereocenters. The molecule has 0 fully saturated rings. The van der Waals surface area contributed by atoms with E-state index in [-0.39, 0.29) is 6.10 Å². The lowest BCUT2D eigenvalue weighted by molar-refractivity contribution is 0.230. The lowest BCUT2D eigenvalue weighted by Gasteiger charge is -2.12. The Morgan fingerprint density at radius 3 is 3.00 bits per heavy atom. The molecule has 0 amide bonds. The number of hydrogen-bond acceptors (Lipinski definition) is 4. The summed E-state index contributed by atoms with van der Waals surface area (Å²) in [6.07, 6.45) is 1.59. The molecule has 0 saturated heterocycles. The van der Waals surface area contributed by atoms with Crippen LogP contribution in [0.3, 0.4) is 0 Å². The first kappa shape index (κ1) is 8.80. The van der Waals surface area contributed by atoms with E-state index in [1.807, 2.05) is 6.92 Å². The predicted octanol–water partition coefficient (Wildman–Crippen LogP) is 0.390. The van der Waals surface area contributed by atoms with Crippen LogP contribution in [0.2, 0.25) is 0 Å². The molecule has 1 heterocycles. The van der Waals surface area contributed by atoms with Crippen molar-refractivity contribution in [3.63, 3.8) is 0 Å². The van der Waals surface area contributed by atoms with Gasteiger partial charge in [-0.3, -0.25) is 0 Å². The fourth-order valence-corrected chi connectivity index (χ4v) is 0.767. The van der Waals surface area contributed by atoms with Gasteiger partial charge in [-0.2, -0.15) is 0 Å². The second kappa shape index (κ2) is 3.92. The average molecular weight is 167 g/mol. The Balaban J connectivity index is 2.69. The van der Waals surface area contributed by atoms with Crippen molar-refractivity contribution in [1.82, 2.24) is 4.98 Å². The number of anilines is 1. The molecule has 4 N–H and O–H groups in total. The minimum absolute atomic E-state index is 0.0310. The van der Waals surface area contributed by atoms with E-state index >= 15 is 0 Å². The van der Waals surface area contributed by atoms with Crippen LogP contribution in [-0.4, -0.2) is 17.6 Å². The number of nitrogens with zero attached hydrogens (tertiary/aromatic N) is 1. The fraction of sp³-hybridized carbons (Fsp3) is 0.375. The lowest BCUT2D eigenvalue weighted by Crippen LogP contribution is -2.23. The van der Waals surface area contributed by atoms with Crippen LogP contribution >= 0.6 is 0 Å². The molecule has 1 atom stereocenters. The molecule has 1 aromatic rings. The standard InChI is InChI=1S/C8H13N3O/c1-6(5-9)12-7-3-2-4-11-8(7)10/h2-4,6H,5,9H2,1H3,(H2,10,11). The van der Waals surface area contributed by atoms with Gasteiger partial charge >= 0.3 is 0 Å². The summed E-state index contributed by atoms with van der Waals surface area (Å²) in [5.74, 6) is 0.994. The maximum Gasteiger partial charge on any atom is 0.166 e. The van der Waals surface area contributed by atoms with Crippen LogP contribution in [0.15, 0.2) is 18.3 Å². The Kier molecular flexibility index (Phi) is 2.88. The van der Waals surface area contributed by atoms with Crippen LogP contribution in [0, 0.1) is 0 Å². The molecule has 0 aliphatic rings. The molecule has 0 radical (unpaired) electrons. The van der Waals surface area contributed by atoms with Crippen molar-refractivity contribution >= 4 is 5.82 Å². The molecular formula is C8H13N3O. The first-order valence-corrected chi connectivity index (χ1v) is 3.81. The highest BCUT2D eigenvalue weighted by Crippen LogP contribution is 2.17. The Morgan fingerprint density at radius 1 is 1.67 bits per heavy atom. The van der Waals surface area contributed by atoms with Gasteiger partial charge in [0.15, 0.2) is 11.6 Å². The predicted molar refractivity (Wildman–Crippen MR) is 47.8 cm³/mol. The summed E-state index contributed by atoms with van der Waals surface area (Å²) in [5, 5.41) is 0. The van der Waals surface area contributed by atoms with Crippen molar-refractivity contribution < 1.29 is 4.74 Å². The van der Waals surface area contributed by atoms with Crippen LogP contribution in [0.1, 0.15) is 6.92 Å². The third-order valence-electron chi connectivity index (χ3n) is 1.46. The minimum atomic E-state index is -0.0310. The molecule has 1 aromatic heterocycles. The molecule has 1 rings (SSSR count). The second-order valence-electron chi connectivity index (χ2n) is 2.55. The molecule has 0 aliphatic carbocycles. The van der Waals surface area contributed by atoms with Gasteiger partial charge < -0.3 is 16.2 Å². The van der Waals surface area contributed by atoms with Gasteiger partial charge in [0.25, 0.3) is 0 Å². The monoisotopic (exact) mass is 167 g/mol. The Labute approximate surface area is 71.5 Å². The van der Waals surface area contributed by atoms with Crippen LogP contribution < -0.4 is 16.2 Å². The van der Waals surface area contributed by atoms with Crippen molar-refractivity contribution in [2.75, 3.05) is 12.3 Å². The summed E-state index contributed by atoms with van der Waals surface area (Å²) in [6, 6.07) is 3.55. The maximum atomic E-state index is 5.55.